The summed E-state index contributed by atoms with van der Waals surface area (Å²) in [5.74, 6) is -0.121. The van der Waals surface area contributed by atoms with Crippen LogP contribution < -0.4 is 5.32 Å². The molecule has 6 heteroatoms. The number of hydrogen-bond donors (Lipinski definition) is 1. The van der Waals surface area contributed by atoms with Crippen LogP contribution in [-0.4, -0.2) is 21.8 Å². The quantitative estimate of drug-likeness (QED) is 0.349. The van der Waals surface area contributed by atoms with Gasteiger partial charge in [0.05, 0.1) is 17.0 Å². The van der Waals surface area contributed by atoms with Crippen LogP contribution >= 0.6 is 23.2 Å². The Balaban J connectivity index is 1.91. The summed E-state index contributed by atoms with van der Waals surface area (Å²) in [7, 11) is 0. The fraction of sp³-hybridized carbons (Fsp3) is 0.167. The second-order valence-electron chi connectivity index (χ2n) is 7.05. The van der Waals surface area contributed by atoms with Crippen molar-refractivity contribution in [1.29, 1.82) is 0 Å². The van der Waals surface area contributed by atoms with Gasteiger partial charge in [0.25, 0.3) is 5.91 Å². The molecule has 0 radical (unpaired) electrons. The maximum Gasteiger partial charge on any atom is 0.255 e. The molecule has 0 unspecified atom stereocenters. The molecule has 4 aromatic rings. The average molecular weight is 438 g/mol. The van der Waals surface area contributed by atoms with Crippen LogP contribution in [0.2, 0.25) is 10.0 Å². The van der Waals surface area contributed by atoms with Crippen LogP contribution in [0.15, 0.2) is 66.9 Å². The first-order valence-corrected chi connectivity index (χ1v) is 10.6. The van der Waals surface area contributed by atoms with Crippen LogP contribution in [0.3, 0.4) is 0 Å². The van der Waals surface area contributed by atoms with Crippen LogP contribution in [-0.2, 0) is 0 Å². The Bertz CT molecular complexity index is 1180. The zero-order chi connectivity index (χ0) is 21.1. The van der Waals surface area contributed by atoms with E-state index in [9.17, 15) is 4.79 Å². The Morgan fingerprint density at radius 3 is 2.23 bits per heavy atom. The van der Waals surface area contributed by atoms with Crippen molar-refractivity contribution < 1.29 is 4.79 Å². The van der Waals surface area contributed by atoms with E-state index in [1.54, 1.807) is 6.07 Å². The minimum atomic E-state index is -0.121. The van der Waals surface area contributed by atoms with Crippen molar-refractivity contribution in [1.82, 2.24) is 14.7 Å². The van der Waals surface area contributed by atoms with E-state index < -0.39 is 0 Å². The predicted octanol–water partition coefficient (Wildman–Crippen LogP) is 6.51. The van der Waals surface area contributed by atoms with Gasteiger partial charge >= 0.3 is 0 Å². The third kappa shape index (κ3) is 4.07. The number of rotatable bonds is 6. The van der Waals surface area contributed by atoms with E-state index in [0.29, 0.717) is 27.8 Å². The molecule has 0 aliphatic carbocycles. The van der Waals surface area contributed by atoms with Gasteiger partial charge in [-0.2, -0.15) is 0 Å². The Kier molecular flexibility index (Phi) is 6.07. The van der Waals surface area contributed by atoms with Gasteiger partial charge in [0.1, 0.15) is 0 Å². The highest BCUT2D eigenvalue weighted by Gasteiger charge is 2.20. The third-order valence-electron chi connectivity index (χ3n) is 4.95. The summed E-state index contributed by atoms with van der Waals surface area (Å²) < 4.78 is 1.96. The highest BCUT2D eigenvalue weighted by Crippen LogP contribution is 2.34. The molecule has 0 fully saturated rings. The molecule has 4 rings (SSSR count). The van der Waals surface area contributed by atoms with Crippen molar-refractivity contribution in [3.63, 3.8) is 0 Å². The number of hydrogen-bond acceptors (Lipinski definition) is 2. The van der Waals surface area contributed by atoms with Gasteiger partial charge in [-0.25, -0.2) is 4.98 Å². The van der Waals surface area contributed by atoms with E-state index in [1.165, 1.54) is 0 Å². The van der Waals surface area contributed by atoms with Crippen molar-refractivity contribution in [3.05, 3.63) is 82.5 Å². The molecule has 2 aromatic carbocycles. The van der Waals surface area contributed by atoms with Crippen molar-refractivity contribution in [2.24, 2.45) is 0 Å². The lowest BCUT2D eigenvalue weighted by Gasteiger charge is -2.08. The lowest BCUT2D eigenvalue weighted by Crippen LogP contribution is -2.24. The van der Waals surface area contributed by atoms with Gasteiger partial charge in [0.2, 0.25) is 0 Å². The molecule has 0 spiro atoms. The zero-order valence-corrected chi connectivity index (χ0v) is 18.0. The number of pyridine rings is 1. The number of carbonyl (C=O) groups excluding carboxylic acids is 1. The number of unbranched alkanes of at least 4 members (excludes halogenated alkanes) is 1. The number of amides is 1. The van der Waals surface area contributed by atoms with E-state index in [0.717, 1.165) is 35.4 Å². The lowest BCUT2D eigenvalue weighted by molar-refractivity contribution is 0.0954. The van der Waals surface area contributed by atoms with Gasteiger partial charge in [-0.15, -0.1) is 0 Å². The molecule has 2 aromatic heterocycles. The summed E-state index contributed by atoms with van der Waals surface area (Å²) in [6, 6.07) is 18.8. The molecule has 1 N–H and O–H groups in total. The monoisotopic (exact) mass is 437 g/mol. The van der Waals surface area contributed by atoms with Crippen molar-refractivity contribution in [3.8, 4) is 22.5 Å². The van der Waals surface area contributed by atoms with Gasteiger partial charge in [-0.1, -0.05) is 60.8 Å². The SMILES string of the molecule is CCCCNC(=O)c1cccn2c(-c3ccc(Cl)cc3)c(-c3ccc(Cl)cc3)nc12. The average Bonchev–Trinajstić information content (AvgIpc) is 3.14. The Labute approximate surface area is 185 Å². The molecule has 0 aliphatic rings. The molecular formula is C24H21Cl2N3O. The summed E-state index contributed by atoms with van der Waals surface area (Å²) in [6.45, 7) is 2.74. The van der Waals surface area contributed by atoms with E-state index in [2.05, 4.69) is 12.2 Å². The number of carbonyl (C=O) groups is 1. The number of benzene rings is 2. The summed E-state index contributed by atoms with van der Waals surface area (Å²) >= 11 is 12.2. The van der Waals surface area contributed by atoms with E-state index in [4.69, 9.17) is 28.2 Å². The zero-order valence-electron chi connectivity index (χ0n) is 16.5. The number of fused-ring (bicyclic) bond motifs is 1. The Hall–Kier alpha value is -2.82. The molecule has 0 saturated carbocycles. The van der Waals surface area contributed by atoms with Crippen molar-refractivity contribution >= 4 is 34.8 Å². The van der Waals surface area contributed by atoms with Gasteiger partial charge in [0, 0.05) is 33.9 Å². The fourth-order valence-electron chi connectivity index (χ4n) is 3.41. The van der Waals surface area contributed by atoms with Crippen LogP contribution in [0.1, 0.15) is 30.1 Å². The highest BCUT2D eigenvalue weighted by molar-refractivity contribution is 6.31. The van der Waals surface area contributed by atoms with E-state index in [1.807, 2.05) is 65.2 Å². The molecule has 2 heterocycles. The predicted molar refractivity (Wildman–Crippen MR) is 123 cm³/mol. The maximum absolute atomic E-state index is 12.8. The Morgan fingerprint density at radius 1 is 0.967 bits per heavy atom. The number of imidazole rings is 1. The normalized spacial score (nSPS) is 11.0. The number of aromatic nitrogens is 2. The second-order valence-corrected chi connectivity index (χ2v) is 7.92. The molecule has 152 valence electrons. The minimum absolute atomic E-state index is 0.121. The van der Waals surface area contributed by atoms with Crippen LogP contribution in [0, 0.1) is 0 Å². The maximum atomic E-state index is 12.8. The van der Waals surface area contributed by atoms with E-state index >= 15 is 0 Å². The van der Waals surface area contributed by atoms with E-state index in [-0.39, 0.29) is 5.91 Å². The van der Waals surface area contributed by atoms with Crippen molar-refractivity contribution in [2.75, 3.05) is 6.54 Å². The summed E-state index contributed by atoms with van der Waals surface area (Å²) in [5, 5.41) is 4.31. The largest absolute Gasteiger partial charge is 0.352 e. The van der Waals surface area contributed by atoms with Crippen LogP contribution in [0.5, 0.6) is 0 Å². The topological polar surface area (TPSA) is 46.4 Å². The first kappa shape index (κ1) is 20.5. The minimum Gasteiger partial charge on any atom is -0.352 e. The second kappa shape index (κ2) is 8.90. The molecule has 0 aliphatic heterocycles. The number of halogens is 2. The van der Waals surface area contributed by atoms with Gasteiger partial charge in [0.15, 0.2) is 5.65 Å². The first-order chi connectivity index (χ1) is 14.6. The molecule has 4 nitrogen and oxygen atoms in total. The van der Waals surface area contributed by atoms with Gasteiger partial charge in [-0.3, -0.25) is 9.20 Å². The third-order valence-corrected chi connectivity index (χ3v) is 5.45. The molecule has 30 heavy (non-hydrogen) atoms. The van der Waals surface area contributed by atoms with Crippen LogP contribution in [0.4, 0.5) is 0 Å². The van der Waals surface area contributed by atoms with Crippen LogP contribution in [0.25, 0.3) is 28.2 Å². The molecule has 0 atom stereocenters. The highest BCUT2D eigenvalue weighted by atomic mass is 35.5. The summed E-state index contributed by atoms with van der Waals surface area (Å²) in [5.41, 5.74) is 4.71. The number of nitrogens with zero attached hydrogens (tertiary/aromatic N) is 2. The van der Waals surface area contributed by atoms with Gasteiger partial charge < -0.3 is 5.32 Å². The molecule has 0 saturated heterocycles. The summed E-state index contributed by atoms with van der Waals surface area (Å²) in [4.78, 5) is 17.7. The smallest absolute Gasteiger partial charge is 0.255 e. The Morgan fingerprint density at radius 2 is 1.60 bits per heavy atom. The molecular weight excluding hydrogens is 417 g/mol. The fourth-order valence-corrected chi connectivity index (χ4v) is 3.66. The molecule has 1 amide bonds. The number of nitrogens with one attached hydrogen (secondary N) is 1. The molecule has 0 bridgehead atoms. The first-order valence-electron chi connectivity index (χ1n) is 9.89. The lowest BCUT2D eigenvalue weighted by atomic mass is 10.0. The summed E-state index contributed by atoms with van der Waals surface area (Å²) in [6.07, 6.45) is 3.89. The van der Waals surface area contributed by atoms with Crippen molar-refractivity contribution in [2.45, 2.75) is 19.8 Å². The standard InChI is InChI=1S/C24H21Cl2N3O/c1-2-3-14-27-24(30)20-5-4-15-29-22(17-8-12-19(26)13-9-17)21(28-23(20)29)16-6-10-18(25)11-7-16/h4-13,15H,2-3,14H2,1H3,(H,27,30). The van der Waals surface area contributed by atoms with Gasteiger partial charge in [-0.05, 0) is 42.8 Å².